The van der Waals surface area contributed by atoms with Gasteiger partial charge in [-0.2, -0.15) is 10.1 Å². The molecule has 3 N–H and O–H groups in total. The van der Waals surface area contributed by atoms with Crippen molar-refractivity contribution in [2.24, 2.45) is 5.92 Å². The summed E-state index contributed by atoms with van der Waals surface area (Å²) < 4.78 is 6.60. The summed E-state index contributed by atoms with van der Waals surface area (Å²) in [6, 6.07) is 2.73. The van der Waals surface area contributed by atoms with E-state index in [2.05, 4.69) is 25.5 Å². The van der Waals surface area contributed by atoms with Crippen LogP contribution >= 0.6 is 0 Å². The monoisotopic (exact) mass is 445 g/mol. The first kappa shape index (κ1) is 22.8. The molecule has 4 rings (SSSR count). The molecular weight excluding hydrogens is 422 g/mol. The molecule has 32 heavy (non-hydrogen) atoms. The molecule has 3 aromatic heterocycles. The molecule has 3 heterocycles. The summed E-state index contributed by atoms with van der Waals surface area (Å²) >= 11 is 0. The fraction of sp³-hybridized carbons (Fsp3) is 0.421. The highest BCUT2D eigenvalue weighted by molar-refractivity contribution is 5.95. The number of pyridine rings is 1. The third-order valence-electron chi connectivity index (χ3n) is 5.06. The van der Waals surface area contributed by atoms with Crippen molar-refractivity contribution in [1.82, 2.24) is 35.0 Å². The Morgan fingerprint density at radius 3 is 2.84 bits per heavy atom. The number of aromatic nitrogens is 5. The van der Waals surface area contributed by atoms with Crippen LogP contribution in [0.2, 0.25) is 0 Å². The first-order valence-corrected chi connectivity index (χ1v) is 9.72. The minimum absolute atomic E-state index is 0.137. The first-order valence-electron chi connectivity index (χ1n) is 9.72. The second kappa shape index (κ2) is 9.96. The van der Waals surface area contributed by atoms with E-state index in [4.69, 9.17) is 14.4 Å². The van der Waals surface area contributed by atoms with E-state index in [-0.39, 0.29) is 31.3 Å². The zero-order chi connectivity index (χ0) is 23.3. The van der Waals surface area contributed by atoms with Gasteiger partial charge < -0.3 is 25.0 Å². The van der Waals surface area contributed by atoms with E-state index >= 15 is 0 Å². The number of aliphatic hydroxyl groups is 1. The molecule has 0 aliphatic heterocycles. The van der Waals surface area contributed by atoms with Crippen LogP contribution < -0.4 is 5.32 Å². The number of carbonyl (C=O) groups is 3. The van der Waals surface area contributed by atoms with Crippen LogP contribution in [0.4, 0.5) is 0 Å². The van der Waals surface area contributed by atoms with Gasteiger partial charge in [0.2, 0.25) is 11.8 Å². The Morgan fingerprint density at radius 2 is 2.16 bits per heavy atom. The lowest BCUT2D eigenvalue weighted by Gasteiger charge is -2.19. The normalized spacial score (nSPS) is 19.8. The fourth-order valence-electron chi connectivity index (χ4n) is 3.58. The number of aryl methyl sites for hydroxylation is 1. The molecule has 1 fully saturated rings. The summed E-state index contributed by atoms with van der Waals surface area (Å²) in [7, 11) is 1.65. The summed E-state index contributed by atoms with van der Waals surface area (Å²) in [4.78, 5) is 43.3. The van der Waals surface area contributed by atoms with Crippen LogP contribution in [-0.4, -0.2) is 77.3 Å². The Balaban J connectivity index is 0.000000913. The van der Waals surface area contributed by atoms with Crippen LogP contribution in [0.3, 0.4) is 0 Å². The van der Waals surface area contributed by atoms with Gasteiger partial charge in [-0.1, -0.05) is 5.16 Å². The van der Waals surface area contributed by atoms with E-state index in [1.54, 1.807) is 36.8 Å². The van der Waals surface area contributed by atoms with Crippen LogP contribution in [0.5, 0.6) is 0 Å². The molecule has 3 atom stereocenters. The van der Waals surface area contributed by atoms with Gasteiger partial charge in [-0.3, -0.25) is 14.4 Å². The van der Waals surface area contributed by atoms with E-state index in [0.717, 1.165) is 0 Å². The predicted molar refractivity (Wildman–Crippen MR) is 107 cm³/mol. The van der Waals surface area contributed by atoms with Gasteiger partial charge in [0.25, 0.3) is 12.4 Å². The predicted octanol–water partition coefficient (Wildman–Crippen LogP) is -0.351. The highest BCUT2D eigenvalue weighted by Crippen LogP contribution is 2.28. The number of rotatable bonds is 5. The minimum atomic E-state index is -0.802. The van der Waals surface area contributed by atoms with Crippen LogP contribution in [0.1, 0.15) is 34.9 Å². The molecule has 2 amide bonds. The second-order valence-corrected chi connectivity index (χ2v) is 7.33. The lowest BCUT2D eigenvalue weighted by Crippen LogP contribution is -2.40. The molecule has 13 nitrogen and oxygen atoms in total. The molecule has 0 radical (unpaired) electrons. The molecule has 0 bridgehead atoms. The van der Waals surface area contributed by atoms with Crippen LogP contribution in [-0.2, 0) is 16.1 Å². The van der Waals surface area contributed by atoms with Gasteiger partial charge in [0, 0.05) is 24.7 Å². The standard InChI is InChI=1S/C18H21N7O4.CH2O2/c1-10-21-16(29-23-10)8-24(2)18(28)12-5-13(14(26)6-12)22-17(27)11-3-4-25-15(7-11)19-9-20-25;2-1-3/h3-4,7,9,12-14,26H,5-6,8H2,1-2H3,(H,22,27);1H,(H,2,3)/t12-,13-,14-;/m0./s1. The molecule has 170 valence electrons. The number of nitrogens with zero attached hydrogens (tertiary/aromatic N) is 6. The van der Waals surface area contributed by atoms with Crippen molar-refractivity contribution in [3.05, 3.63) is 41.9 Å². The van der Waals surface area contributed by atoms with Crippen molar-refractivity contribution >= 4 is 23.9 Å². The zero-order valence-corrected chi connectivity index (χ0v) is 17.5. The van der Waals surface area contributed by atoms with Crippen LogP contribution in [0, 0.1) is 12.8 Å². The Hall–Kier alpha value is -3.87. The maximum absolute atomic E-state index is 12.7. The Bertz CT molecular complexity index is 1100. The first-order chi connectivity index (χ1) is 15.3. The van der Waals surface area contributed by atoms with Crippen molar-refractivity contribution in [3.63, 3.8) is 0 Å². The SMILES string of the molecule is Cc1noc(CN(C)C(=O)[C@H]2C[C@H](NC(=O)c3ccn4ncnc4c3)[C@@H](O)C2)n1.O=CO. The van der Waals surface area contributed by atoms with E-state index in [1.807, 2.05) is 0 Å². The van der Waals surface area contributed by atoms with Crippen molar-refractivity contribution < 1.29 is 29.1 Å². The van der Waals surface area contributed by atoms with Gasteiger partial charge in [0.05, 0.1) is 18.7 Å². The molecule has 1 aliphatic carbocycles. The van der Waals surface area contributed by atoms with Crippen molar-refractivity contribution in [3.8, 4) is 0 Å². The largest absolute Gasteiger partial charge is 0.483 e. The van der Waals surface area contributed by atoms with Gasteiger partial charge >= 0.3 is 0 Å². The smallest absolute Gasteiger partial charge is 0.290 e. The average Bonchev–Trinajstić information content (AvgIpc) is 3.48. The van der Waals surface area contributed by atoms with Crippen molar-refractivity contribution in [2.75, 3.05) is 7.05 Å². The number of aliphatic hydroxyl groups excluding tert-OH is 1. The summed E-state index contributed by atoms with van der Waals surface area (Å²) in [6.07, 6.45) is 2.87. The quantitative estimate of drug-likeness (QED) is 0.440. The molecule has 1 saturated carbocycles. The van der Waals surface area contributed by atoms with E-state index < -0.39 is 18.1 Å². The topological polar surface area (TPSA) is 176 Å². The number of nitrogens with one attached hydrogen (secondary N) is 1. The maximum Gasteiger partial charge on any atom is 0.290 e. The Morgan fingerprint density at radius 1 is 1.41 bits per heavy atom. The molecule has 1 aliphatic rings. The van der Waals surface area contributed by atoms with Crippen LogP contribution in [0.15, 0.2) is 29.2 Å². The fourth-order valence-corrected chi connectivity index (χ4v) is 3.58. The zero-order valence-electron chi connectivity index (χ0n) is 17.5. The lowest BCUT2D eigenvalue weighted by molar-refractivity contribution is -0.135. The van der Waals surface area contributed by atoms with Gasteiger partial charge in [-0.25, -0.2) is 9.50 Å². The van der Waals surface area contributed by atoms with E-state index in [0.29, 0.717) is 29.3 Å². The van der Waals surface area contributed by atoms with Gasteiger partial charge in [0.15, 0.2) is 11.5 Å². The highest BCUT2D eigenvalue weighted by atomic mass is 16.5. The third-order valence-corrected chi connectivity index (χ3v) is 5.06. The maximum atomic E-state index is 12.7. The molecule has 0 spiro atoms. The Labute approximate surface area is 182 Å². The van der Waals surface area contributed by atoms with Crippen LogP contribution in [0.25, 0.3) is 5.65 Å². The summed E-state index contributed by atoms with van der Waals surface area (Å²) in [5.41, 5.74) is 0.965. The van der Waals surface area contributed by atoms with E-state index in [1.165, 1.54) is 11.2 Å². The third kappa shape index (κ3) is 5.24. The average molecular weight is 445 g/mol. The number of carbonyl (C=O) groups excluding carboxylic acids is 2. The van der Waals surface area contributed by atoms with Gasteiger partial charge in [0.1, 0.15) is 6.33 Å². The van der Waals surface area contributed by atoms with Crippen molar-refractivity contribution in [1.29, 1.82) is 0 Å². The summed E-state index contributed by atoms with van der Waals surface area (Å²) in [5, 5.41) is 27.8. The lowest BCUT2D eigenvalue weighted by atomic mass is 10.1. The van der Waals surface area contributed by atoms with Gasteiger partial charge in [-0.15, -0.1) is 0 Å². The summed E-state index contributed by atoms with van der Waals surface area (Å²) in [6.45, 7) is 1.65. The molecule has 0 saturated heterocycles. The Kier molecular flexibility index (Phi) is 7.10. The minimum Gasteiger partial charge on any atom is -0.483 e. The molecular formula is C19H23N7O6. The molecule has 0 unspecified atom stereocenters. The number of carboxylic acid groups (broad SMARTS) is 1. The highest BCUT2D eigenvalue weighted by Gasteiger charge is 2.39. The summed E-state index contributed by atoms with van der Waals surface area (Å²) in [5.74, 6) is -0.0120. The van der Waals surface area contributed by atoms with Crippen molar-refractivity contribution in [2.45, 2.75) is 38.5 Å². The molecule has 0 aromatic carbocycles. The van der Waals surface area contributed by atoms with Gasteiger partial charge in [-0.05, 0) is 31.9 Å². The molecule has 13 heteroatoms. The number of hydrogen-bond acceptors (Lipinski definition) is 9. The second-order valence-electron chi connectivity index (χ2n) is 7.33. The van der Waals surface area contributed by atoms with E-state index in [9.17, 15) is 14.7 Å². The molecule has 3 aromatic rings. The number of amides is 2. The number of fused-ring (bicyclic) bond motifs is 1. The number of hydrogen-bond donors (Lipinski definition) is 3.